The van der Waals surface area contributed by atoms with Gasteiger partial charge in [0.25, 0.3) is 0 Å². The Balaban J connectivity index is 1.91. The SMILES string of the molecule is CC1(C(=O)NCc2cccc(CO)c2)COC1. The first-order chi connectivity index (χ1) is 8.14. The zero-order chi connectivity index (χ0) is 12.3. The summed E-state index contributed by atoms with van der Waals surface area (Å²) in [6, 6.07) is 7.55. The first-order valence-corrected chi connectivity index (χ1v) is 5.69. The number of nitrogens with one attached hydrogen (secondary N) is 1. The molecule has 4 nitrogen and oxygen atoms in total. The van der Waals surface area contributed by atoms with Crippen LogP contribution in [0.15, 0.2) is 24.3 Å². The quantitative estimate of drug-likeness (QED) is 0.812. The molecule has 1 aromatic carbocycles. The number of amides is 1. The van der Waals surface area contributed by atoms with Crippen molar-refractivity contribution in [3.8, 4) is 0 Å². The predicted octanol–water partition coefficient (Wildman–Crippen LogP) is 0.832. The lowest BCUT2D eigenvalue weighted by molar-refractivity contribution is -0.157. The monoisotopic (exact) mass is 235 g/mol. The van der Waals surface area contributed by atoms with Crippen molar-refractivity contribution in [2.24, 2.45) is 5.41 Å². The summed E-state index contributed by atoms with van der Waals surface area (Å²) in [6.45, 7) is 3.40. The molecule has 1 saturated heterocycles. The summed E-state index contributed by atoms with van der Waals surface area (Å²) < 4.78 is 5.05. The number of rotatable bonds is 4. The lowest BCUT2D eigenvalue weighted by atomic mass is 9.87. The summed E-state index contributed by atoms with van der Waals surface area (Å²) >= 11 is 0. The number of hydrogen-bond acceptors (Lipinski definition) is 3. The van der Waals surface area contributed by atoms with E-state index in [9.17, 15) is 4.79 Å². The number of ether oxygens (including phenoxy) is 1. The van der Waals surface area contributed by atoms with Crippen LogP contribution in [0.4, 0.5) is 0 Å². The molecular weight excluding hydrogens is 218 g/mol. The minimum absolute atomic E-state index is 0.0212. The fourth-order valence-corrected chi connectivity index (χ4v) is 1.77. The van der Waals surface area contributed by atoms with Crippen molar-refractivity contribution in [3.63, 3.8) is 0 Å². The molecule has 0 radical (unpaired) electrons. The molecule has 2 N–H and O–H groups in total. The van der Waals surface area contributed by atoms with Crippen molar-refractivity contribution < 1.29 is 14.6 Å². The number of aliphatic hydroxyl groups excluding tert-OH is 1. The van der Waals surface area contributed by atoms with Crippen molar-refractivity contribution in [2.75, 3.05) is 13.2 Å². The van der Waals surface area contributed by atoms with Gasteiger partial charge in [-0.15, -0.1) is 0 Å². The van der Waals surface area contributed by atoms with E-state index in [0.29, 0.717) is 19.8 Å². The third-order valence-electron chi connectivity index (χ3n) is 3.02. The number of aliphatic hydroxyl groups is 1. The second kappa shape index (κ2) is 4.85. The van der Waals surface area contributed by atoms with E-state index in [0.717, 1.165) is 11.1 Å². The Labute approximate surface area is 101 Å². The largest absolute Gasteiger partial charge is 0.392 e. The highest BCUT2D eigenvalue weighted by Gasteiger charge is 2.40. The maximum atomic E-state index is 11.8. The molecule has 1 fully saturated rings. The molecule has 1 aromatic rings. The minimum Gasteiger partial charge on any atom is -0.392 e. The van der Waals surface area contributed by atoms with Gasteiger partial charge in [-0.3, -0.25) is 4.79 Å². The number of benzene rings is 1. The molecule has 4 heteroatoms. The van der Waals surface area contributed by atoms with Crippen LogP contribution < -0.4 is 5.32 Å². The van der Waals surface area contributed by atoms with Gasteiger partial charge in [-0.1, -0.05) is 24.3 Å². The van der Waals surface area contributed by atoms with Crippen LogP contribution in [0.25, 0.3) is 0 Å². The van der Waals surface area contributed by atoms with Crippen LogP contribution in [0.3, 0.4) is 0 Å². The molecule has 0 bridgehead atoms. The maximum absolute atomic E-state index is 11.8. The smallest absolute Gasteiger partial charge is 0.230 e. The van der Waals surface area contributed by atoms with Gasteiger partial charge >= 0.3 is 0 Å². The van der Waals surface area contributed by atoms with Crippen LogP contribution in [0.1, 0.15) is 18.1 Å². The first kappa shape index (κ1) is 12.1. The van der Waals surface area contributed by atoms with Gasteiger partial charge in [0.2, 0.25) is 5.91 Å². The van der Waals surface area contributed by atoms with Gasteiger partial charge in [-0.25, -0.2) is 0 Å². The van der Waals surface area contributed by atoms with Crippen molar-refractivity contribution in [3.05, 3.63) is 35.4 Å². The summed E-state index contributed by atoms with van der Waals surface area (Å²) in [7, 11) is 0. The molecule has 1 heterocycles. The Kier molecular flexibility index (Phi) is 3.45. The van der Waals surface area contributed by atoms with Crippen LogP contribution in [-0.4, -0.2) is 24.2 Å². The average molecular weight is 235 g/mol. The van der Waals surface area contributed by atoms with Crippen molar-refractivity contribution >= 4 is 5.91 Å². The molecule has 0 spiro atoms. The molecule has 0 unspecified atom stereocenters. The Morgan fingerprint density at radius 3 is 2.76 bits per heavy atom. The van der Waals surface area contributed by atoms with Gasteiger partial charge in [-0.2, -0.15) is 0 Å². The third-order valence-corrected chi connectivity index (χ3v) is 3.02. The molecular formula is C13H17NO3. The Morgan fingerprint density at radius 2 is 2.18 bits per heavy atom. The lowest BCUT2D eigenvalue weighted by Gasteiger charge is -2.36. The average Bonchev–Trinajstić information content (AvgIpc) is 2.33. The summed E-state index contributed by atoms with van der Waals surface area (Å²) in [4.78, 5) is 11.8. The van der Waals surface area contributed by atoms with Gasteiger partial charge in [0, 0.05) is 6.54 Å². The van der Waals surface area contributed by atoms with E-state index < -0.39 is 0 Å². The van der Waals surface area contributed by atoms with Crippen LogP contribution >= 0.6 is 0 Å². The number of carbonyl (C=O) groups excluding carboxylic acids is 1. The molecule has 1 amide bonds. The lowest BCUT2D eigenvalue weighted by Crippen LogP contribution is -2.51. The number of hydrogen-bond donors (Lipinski definition) is 2. The van der Waals surface area contributed by atoms with Gasteiger partial charge in [0.05, 0.1) is 25.2 Å². The van der Waals surface area contributed by atoms with E-state index in [1.165, 1.54) is 0 Å². The molecule has 92 valence electrons. The van der Waals surface area contributed by atoms with Gasteiger partial charge in [-0.05, 0) is 18.1 Å². The molecule has 1 aliphatic rings. The molecule has 0 aliphatic carbocycles. The van der Waals surface area contributed by atoms with E-state index in [1.54, 1.807) is 0 Å². The zero-order valence-corrected chi connectivity index (χ0v) is 9.90. The van der Waals surface area contributed by atoms with E-state index in [2.05, 4.69) is 5.32 Å². The Morgan fingerprint density at radius 1 is 1.47 bits per heavy atom. The van der Waals surface area contributed by atoms with Crippen molar-refractivity contribution in [1.29, 1.82) is 0 Å². The Hall–Kier alpha value is -1.39. The number of carbonyl (C=O) groups is 1. The molecule has 0 atom stereocenters. The maximum Gasteiger partial charge on any atom is 0.230 e. The highest BCUT2D eigenvalue weighted by molar-refractivity contribution is 5.83. The Bertz CT molecular complexity index is 413. The van der Waals surface area contributed by atoms with E-state index in [1.807, 2.05) is 31.2 Å². The summed E-state index contributed by atoms with van der Waals surface area (Å²) in [5.41, 5.74) is 1.48. The van der Waals surface area contributed by atoms with Crippen LogP contribution in [0.5, 0.6) is 0 Å². The summed E-state index contributed by atoms with van der Waals surface area (Å²) in [5.74, 6) is 0.0261. The molecule has 1 aliphatic heterocycles. The topological polar surface area (TPSA) is 58.6 Å². The normalized spacial score (nSPS) is 17.3. The van der Waals surface area contributed by atoms with Crippen molar-refractivity contribution in [2.45, 2.75) is 20.1 Å². The third kappa shape index (κ3) is 2.65. The fraction of sp³-hybridized carbons (Fsp3) is 0.462. The van der Waals surface area contributed by atoms with Crippen molar-refractivity contribution in [1.82, 2.24) is 5.32 Å². The second-order valence-corrected chi connectivity index (χ2v) is 4.71. The molecule has 0 saturated carbocycles. The highest BCUT2D eigenvalue weighted by atomic mass is 16.5. The van der Waals surface area contributed by atoms with E-state index >= 15 is 0 Å². The highest BCUT2D eigenvalue weighted by Crippen LogP contribution is 2.26. The fourth-order valence-electron chi connectivity index (χ4n) is 1.77. The molecule has 17 heavy (non-hydrogen) atoms. The standard InChI is InChI=1S/C13H17NO3/c1-13(8-17-9-13)12(16)14-6-10-3-2-4-11(5-10)7-15/h2-5,15H,6-9H2,1H3,(H,14,16). The summed E-state index contributed by atoms with van der Waals surface area (Å²) in [5, 5.41) is 11.9. The van der Waals surface area contributed by atoms with Gasteiger partial charge in [0.1, 0.15) is 0 Å². The second-order valence-electron chi connectivity index (χ2n) is 4.71. The molecule has 0 aromatic heterocycles. The van der Waals surface area contributed by atoms with Crippen LogP contribution in [-0.2, 0) is 22.7 Å². The van der Waals surface area contributed by atoms with Gasteiger partial charge < -0.3 is 15.2 Å². The summed E-state index contributed by atoms with van der Waals surface area (Å²) in [6.07, 6.45) is 0. The zero-order valence-electron chi connectivity index (χ0n) is 9.90. The van der Waals surface area contributed by atoms with Crippen LogP contribution in [0.2, 0.25) is 0 Å². The van der Waals surface area contributed by atoms with E-state index in [4.69, 9.17) is 9.84 Å². The minimum atomic E-state index is -0.366. The van der Waals surface area contributed by atoms with Gasteiger partial charge in [0.15, 0.2) is 0 Å². The van der Waals surface area contributed by atoms with E-state index in [-0.39, 0.29) is 17.9 Å². The van der Waals surface area contributed by atoms with Crippen LogP contribution in [0, 0.1) is 5.41 Å². The first-order valence-electron chi connectivity index (χ1n) is 5.69. The predicted molar refractivity (Wildman–Crippen MR) is 63.1 cm³/mol. The molecule has 2 rings (SSSR count).